The summed E-state index contributed by atoms with van der Waals surface area (Å²) in [5.74, 6) is 0.695. The standard InChI is InChI=1S/C20H23N3/c1-2-11-21-17(4-1)10-15-23-13-8-16(9-14-23)18-5-3-6-20-19(18)7-12-22-20/h1-7,11-12,16,22H,8-10,13-15H2. The van der Waals surface area contributed by atoms with Crippen molar-refractivity contribution in [1.82, 2.24) is 14.9 Å². The van der Waals surface area contributed by atoms with Crippen LogP contribution in [-0.4, -0.2) is 34.5 Å². The Morgan fingerprint density at radius 3 is 2.78 bits per heavy atom. The Bertz CT molecular complexity index is 755. The lowest BCUT2D eigenvalue weighted by atomic mass is 9.87. The van der Waals surface area contributed by atoms with E-state index in [1.54, 1.807) is 0 Å². The number of nitrogens with one attached hydrogen (secondary N) is 1. The number of benzene rings is 1. The van der Waals surface area contributed by atoms with Gasteiger partial charge in [0.1, 0.15) is 0 Å². The van der Waals surface area contributed by atoms with Gasteiger partial charge in [-0.1, -0.05) is 18.2 Å². The van der Waals surface area contributed by atoms with Crippen molar-refractivity contribution in [3.63, 3.8) is 0 Å². The fourth-order valence-electron chi connectivity index (χ4n) is 3.75. The third-order valence-corrected chi connectivity index (χ3v) is 5.07. The van der Waals surface area contributed by atoms with Crippen molar-refractivity contribution in [2.75, 3.05) is 19.6 Å². The lowest BCUT2D eigenvalue weighted by Crippen LogP contribution is -2.34. The van der Waals surface area contributed by atoms with Gasteiger partial charge in [-0.2, -0.15) is 0 Å². The van der Waals surface area contributed by atoms with Gasteiger partial charge in [0.2, 0.25) is 0 Å². The van der Waals surface area contributed by atoms with Crippen LogP contribution in [0.3, 0.4) is 0 Å². The number of piperidine rings is 1. The second-order valence-corrected chi connectivity index (χ2v) is 6.47. The molecule has 3 nitrogen and oxygen atoms in total. The highest BCUT2D eigenvalue weighted by molar-refractivity contribution is 5.83. The van der Waals surface area contributed by atoms with Crippen LogP contribution < -0.4 is 0 Å². The second-order valence-electron chi connectivity index (χ2n) is 6.47. The zero-order valence-electron chi connectivity index (χ0n) is 13.4. The van der Waals surface area contributed by atoms with E-state index in [-0.39, 0.29) is 0 Å². The molecule has 118 valence electrons. The Morgan fingerprint density at radius 2 is 1.96 bits per heavy atom. The third kappa shape index (κ3) is 3.15. The van der Waals surface area contributed by atoms with Crippen molar-refractivity contribution in [1.29, 1.82) is 0 Å². The van der Waals surface area contributed by atoms with Crippen molar-refractivity contribution in [2.24, 2.45) is 0 Å². The van der Waals surface area contributed by atoms with Crippen LogP contribution in [0.5, 0.6) is 0 Å². The Morgan fingerprint density at radius 1 is 1.04 bits per heavy atom. The maximum Gasteiger partial charge on any atom is 0.0456 e. The number of pyridine rings is 1. The van der Waals surface area contributed by atoms with Gasteiger partial charge in [0.25, 0.3) is 0 Å². The molecule has 1 fully saturated rings. The molecule has 1 N–H and O–H groups in total. The van der Waals surface area contributed by atoms with E-state index in [0.29, 0.717) is 5.92 Å². The summed E-state index contributed by atoms with van der Waals surface area (Å²) >= 11 is 0. The van der Waals surface area contributed by atoms with E-state index >= 15 is 0 Å². The number of rotatable bonds is 4. The van der Waals surface area contributed by atoms with Crippen LogP contribution >= 0.6 is 0 Å². The van der Waals surface area contributed by atoms with Gasteiger partial charge in [-0.25, -0.2) is 0 Å². The highest BCUT2D eigenvalue weighted by Gasteiger charge is 2.21. The molecule has 0 aliphatic carbocycles. The van der Waals surface area contributed by atoms with Crippen LogP contribution in [0, 0.1) is 0 Å². The average molecular weight is 305 g/mol. The molecule has 1 aliphatic heterocycles. The fourth-order valence-corrected chi connectivity index (χ4v) is 3.75. The topological polar surface area (TPSA) is 31.9 Å². The number of aromatic nitrogens is 2. The second kappa shape index (κ2) is 6.55. The Labute approximate surface area is 137 Å². The first-order valence-corrected chi connectivity index (χ1v) is 8.58. The lowest BCUT2D eigenvalue weighted by molar-refractivity contribution is 0.214. The van der Waals surface area contributed by atoms with Gasteiger partial charge in [0, 0.05) is 42.0 Å². The fraction of sp³-hybridized carbons (Fsp3) is 0.350. The normalized spacial score (nSPS) is 16.9. The summed E-state index contributed by atoms with van der Waals surface area (Å²) in [5, 5.41) is 1.40. The van der Waals surface area contributed by atoms with E-state index in [4.69, 9.17) is 0 Å². The highest BCUT2D eigenvalue weighted by Crippen LogP contribution is 2.32. The Kier molecular flexibility index (Phi) is 4.12. The van der Waals surface area contributed by atoms with Gasteiger partial charge in [-0.05, 0) is 61.7 Å². The molecular formula is C20H23N3. The summed E-state index contributed by atoms with van der Waals surface area (Å²) in [5.41, 5.74) is 3.99. The predicted octanol–water partition coefficient (Wildman–Crippen LogP) is 3.99. The minimum Gasteiger partial charge on any atom is -0.361 e. The first-order valence-electron chi connectivity index (χ1n) is 8.58. The van der Waals surface area contributed by atoms with Crippen molar-refractivity contribution < 1.29 is 0 Å². The van der Waals surface area contributed by atoms with Crippen LogP contribution in [-0.2, 0) is 6.42 Å². The zero-order chi connectivity index (χ0) is 15.5. The molecule has 2 aromatic heterocycles. The van der Waals surface area contributed by atoms with E-state index in [1.807, 2.05) is 12.3 Å². The minimum atomic E-state index is 0.695. The molecule has 0 spiro atoms. The molecule has 4 rings (SSSR count). The SMILES string of the molecule is c1ccc(CCN2CCC(c3cccc4[nH]ccc34)CC2)nc1. The van der Waals surface area contributed by atoms with Gasteiger partial charge in [0.05, 0.1) is 0 Å². The molecule has 0 atom stereocenters. The summed E-state index contributed by atoms with van der Waals surface area (Å²) in [6.45, 7) is 3.51. The Hall–Kier alpha value is -2.13. The van der Waals surface area contributed by atoms with Crippen molar-refractivity contribution in [3.05, 3.63) is 66.1 Å². The maximum atomic E-state index is 4.42. The van der Waals surface area contributed by atoms with Crippen LogP contribution in [0.25, 0.3) is 10.9 Å². The van der Waals surface area contributed by atoms with Crippen LogP contribution in [0.2, 0.25) is 0 Å². The number of likely N-dealkylation sites (tertiary alicyclic amines) is 1. The molecule has 3 heterocycles. The zero-order valence-corrected chi connectivity index (χ0v) is 13.4. The maximum absolute atomic E-state index is 4.42. The lowest BCUT2D eigenvalue weighted by Gasteiger charge is -2.32. The molecule has 3 aromatic rings. The molecule has 23 heavy (non-hydrogen) atoms. The first kappa shape index (κ1) is 14.5. The first-order chi connectivity index (χ1) is 11.4. The molecular weight excluding hydrogens is 282 g/mol. The number of fused-ring (bicyclic) bond motifs is 1. The number of aromatic amines is 1. The van der Waals surface area contributed by atoms with E-state index in [1.165, 1.54) is 48.1 Å². The summed E-state index contributed by atoms with van der Waals surface area (Å²) in [4.78, 5) is 10.3. The summed E-state index contributed by atoms with van der Waals surface area (Å²) < 4.78 is 0. The molecule has 0 bridgehead atoms. The summed E-state index contributed by atoms with van der Waals surface area (Å²) in [6.07, 6.45) is 7.51. The predicted molar refractivity (Wildman–Crippen MR) is 94.7 cm³/mol. The van der Waals surface area contributed by atoms with E-state index < -0.39 is 0 Å². The number of hydrogen-bond donors (Lipinski definition) is 1. The third-order valence-electron chi connectivity index (χ3n) is 5.07. The van der Waals surface area contributed by atoms with Gasteiger partial charge in [0.15, 0.2) is 0 Å². The largest absolute Gasteiger partial charge is 0.361 e. The quantitative estimate of drug-likeness (QED) is 0.790. The van der Waals surface area contributed by atoms with Crippen LogP contribution in [0.4, 0.5) is 0 Å². The smallest absolute Gasteiger partial charge is 0.0456 e. The van der Waals surface area contributed by atoms with Gasteiger partial charge in [-0.3, -0.25) is 4.98 Å². The summed E-state index contributed by atoms with van der Waals surface area (Å²) in [7, 11) is 0. The van der Waals surface area contributed by atoms with Crippen molar-refractivity contribution in [2.45, 2.75) is 25.2 Å². The van der Waals surface area contributed by atoms with Crippen LogP contribution in [0.15, 0.2) is 54.9 Å². The molecule has 0 saturated carbocycles. The molecule has 1 saturated heterocycles. The minimum absolute atomic E-state index is 0.695. The molecule has 0 amide bonds. The van der Waals surface area contributed by atoms with Gasteiger partial charge in [-0.15, -0.1) is 0 Å². The van der Waals surface area contributed by atoms with E-state index in [0.717, 1.165) is 13.0 Å². The monoisotopic (exact) mass is 305 g/mol. The van der Waals surface area contributed by atoms with E-state index in [9.17, 15) is 0 Å². The highest BCUT2D eigenvalue weighted by atomic mass is 15.1. The van der Waals surface area contributed by atoms with Gasteiger partial charge < -0.3 is 9.88 Å². The molecule has 3 heteroatoms. The number of hydrogen-bond acceptors (Lipinski definition) is 2. The summed E-state index contributed by atoms with van der Waals surface area (Å²) in [6, 6.07) is 15.1. The number of H-pyrrole nitrogens is 1. The van der Waals surface area contributed by atoms with Crippen LogP contribution in [0.1, 0.15) is 30.0 Å². The van der Waals surface area contributed by atoms with Crippen molar-refractivity contribution >= 4 is 10.9 Å². The Balaban J connectivity index is 1.37. The average Bonchev–Trinajstić information content (AvgIpc) is 3.10. The number of nitrogens with zero attached hydrogens (tertiary/aromatic N) is 2. The molecule has 1 aromatic carbocycles. The molecule has 1 aliphatic rings. The van der Waals surface area contributed by atoms with Crippen molar-refractivity contribution in [3.8, 4) is 0 Å². The van der Waals surface area contributed by atoms with Gasteiger partial charge >= 0.3 is 0 Å². The molecule has 0 unspecified atom stereocenters. The van der Waals surface area contributed by atoms with E-state index in [2.05, 4.69) is 57.5 Å². The molecule has 0 radical (unpaired) electrons.